The summed E-state index contributed by atoms with van der Waals surface area (Å²) < 4.78 is 13.7. The molecule has 1 atom stereocenters. The van der Waals surface area contributed by atoms with Crippen LogP contribution in [-0.2, 0) is 6.42 Å². The molecular formula is C34H36FNO. The van der Waals surface area contributed by atoms with Crippen molar-refractivity contribution < 1.29 is 9.18 Å². The molecule has 2 aliphatic rings. The fourth-order valence-electron chi connectivity index (χ4n) is 4.88. The molecule has 4 rings (SSSR count). The van der Waals surface area contributed by atoms with Crippen molar-refractivity contribution in [1.29, 1.82) is 0 Å². The zero-order valence-electron chi connectivity index (χ0n) is 22.0. The number of nitrogens with zero attached hydrogens (tertiary/aromatic N) is 1. The van der Waals surface area contributed by atoms with Crippen LogP contribution < -0.4 is 0 Å². The summed E-state index contributed by atoms with van der Waals surface area (Å²) in [6.07, 6.45) is 20.7. The minimum absolute atomic E-state index is 0.0285. The van der Waals surface area contributed by atoms with Gasteiger partial charge < -0.3 is 0 Å². The Bertz CT molecular complexity index is 1320. The van der Waals surface area contributed by atoms with E-state index in [1.165, 1.54) is 17.2 Å². The van der Waals surface area contributed by atoms with Crippen molar-refractivity contribution in [2.24, 2.45) is 0 Å². The highest BCUT2D eigenvalue weighted by Gasteiger charge is 2.22. The van der Waals surface area contributed by atoms with E-state index in [4.69, 9.17) is 4.98 Å². The third-order valence-electron chi connectivity index (χ3n) is 7.20. The van der Waals surface area contributed by atoms with Gasteiger partial charge in [-0.05, 0) is 91.0 Å². The average molecular weight is 494 g/mol. The van der Waals surface area contributed by atoms with Crippen LogP contribution in [0.4, 0.5) is 4.39 Å². The van der Waals surface area contributed by atoms with Gasteiger partial charge in [-0.1, -0.05) is 80.7 Å². The number of aromatic nitrogens is 1. The zero-order valence-corrected chi connectivity index (χ0v) is 22.0. The number of halogens is 1. The van der Waals surface area contributed by atoms with Crippen LogP contribution in [0.2, 0.25) is 0 Å². The molecule has 0 fully saturated rings. The van der Waals surface area contributed by atoms with Crippen molar-refractivity contribution in [2.45, 2.75) is 64.7 Å². The largest absolute Gasteiger partial charge is 0.289 e. The zero-order chi connectivity index (χ0) is 26.2. The molecule has 37 heavy (non-hydrogen) atoms. The number of carbonyl (C=O) groups excluding carboxylic acids is 1. The number of pyridine rings is 1. The van der Waals surface area contributed by atoms with Crippen LogP contribution in [0, 0.1) is 5.82 Å². The quantitative estimate of drug-likeness (QED) is 0.244. The molecule has 0 saturated heterocycles. The van der Waals surface area contributed by atoms with Crippen LogP contribution in [0.3, 0.4) is 0 Å². The molecule has 190 valence electrons. The smallest absolute Gasteiger partial charge is 0.190 e. The first-order valence-corrected chi connectivity index (χ1v) is 13.3. The predicted molar refractivity (Wildman–Crippen MR) is 152 cm³/mol. The molecular weight excluding hydrogens is 457 g/mol. The molecule has 0 aliphatic heterocycles. The Kier molecular flexibility index (Phi) is 9.00. The summed E-state index contributed by atoms with van der Waals surface area (Å²) in [5.74, 6) is -0.251. The third-order valence-corrected chi connectivity index (χ3v) is 7.20. The second-order valence-electron chi connectivity index (χ2n) is 9.99. The van der Waals surface area contributed by atoms with Gasteiger partial charge in [-0.15, -0.1) is 0 Å². The van der Waals surface area contributed by atoms with Gasteiger partial charge >= 0.3 is 0 Å². The molecule has 0 amide bonds. The van der Waals surface area contributed by atoms with Crippen LogP contribution in [0.1, 0.15) is 85.6 Å². The predicted octanol–water partition coefficient (Wildman–Crippen LogP) is 9.04. The van der Waals surface area contributed by atoms with Crippen molar-refractivity contribution in [3.63, 3.8) is 0 Å². The SMILES string of the molecule is C=C(CC1=CC=CCC=C1)C(=O)c1ccc(C2=CC=C(CC)CC2)nc1C(C)CCc1cccc(F)c1. The van der Waals surface area contributed by atoms with E-state index in [2.05, 4.69) is 50.8 Å². The second kappa shape index (κ2) is 12.6. The number of ketones is 1. The summed E-state index contributed by atoms with van der Waals surface area (Å²) in [6, 6.07) is 10.6. The van der Waals surface area contributed by atoms with E-state index in [1.54, 1.807) is 12.1 Å². The van der Waals surface area contributed by atoms with E-state index in [0.717, 1.165) is 54.6 Å². The fourth-order valence-corrected chi connectivity index (χ4v) is 4.88. The van der Waals surface area contributed by atoms with Gasteiger partial charge in [0, 0.05) is 12.0 Å². The van der Waals surface area contributed by atoms with E-state index < -0.39 is 0 Å². The Labute approximate surface area is 220 Å². The van der Waals surface area contributed by atoms with E-state index >= 15 is 0 Å². The molecule has 2 aromatic rings. The topological polar surface area (TPSA) is 30.0 Å². The number of hydrogen-bond donors (Lipinski definition) is 0. The molecule has 0 spiro atoms. The molecule has 1 aromatic carbocycles. The number of aryl methyl sites for hydroxylation is 1. The lowest BCUT2D eigenvalue weighted by atomic mass is 9.89. The lowest BCUT2D eigenvalue weighted by Crippen LogP contribution is -2.13. The molecule has 0 bridgehead atoms. The Hall–Kier alpha value is -3.59. The van der Waals surface area contributed by atoms with Gasteiger partial charge in [0.05, 0.1) is 11.4 Å². The van der Waals surface area contributed by atoms with E-state index in [-0.39, 0.29) is 17.5 Å². The second-order valence-corrected chi connectivity index (χ2v) is 9.99. The Morgan fingerprint density at radius 3 is 2.73 bits per heavy atom. The standard InChI is InChI=1S/C34H36FNO/c1-4-26-16-18-29(19-17-26)32-21-20-31(34(37)25(3)22-27-10-7-5-6-8-11-27)33(36-32)24(2)14-15-28-12-9-13-30(35)23-28/h5,7-13,16,18,20-21,23-24H,3-4,6,14-15,17,19,22H2,1-2H3. The van der Waals surface area contributed by atoms with E-state index in [1.807, 2.05) is 30.4 Å². The number of Topliss-reactive ketones (excluding diaryl/α,β-unsaturated/α-hetero) is 1. The van der Waals surface area contributed by atoms with Gasteiger partial charge in [0.15, 0.2) is 5.78 Å². The van der Waals surface area contributed by atoms with E-state index in [0.29, 0.717) is 24.0 Å². The summed E-state index contributed by atoms with van der Waals surface area (Å²) in [7, 11) is 0. The number of carbonyl (C=O) groups is 1. The van der Waals surface area contributed by atoms with Gasteiger partial charge in [0.1, 0.15) is 5.82 Å². The highest BCUT2D eigenvalue weighted by atomic mass is 19.1. The van der Waals surface area contributed by atoms with Crippen LogP contribution in [0.25, 0.3) is 5.57 Å². The average Bonchev–Trinajstić information content (AvgIpc) is 3.19. The Balaban J connectivity index is 1.62. The summed E-state index contributed by atoms with van der Waals surface area (Å²) in [4.78, 5) is 18.7. The molecule has 1 heterocycles. The summed E-state index contributed by atoms with van der Waals surface area (Å²) in [6.45, 7) is 8.45. The summed E-state index contributed by atoms with van der Waals surface area (Å²) in [5, 5.41) is 0. The maximum absolute atomic E-state index is 13.7. The van der Waals surface area contributed by atoms with Gasteiger partial charge in [0.2, 0.25) is 0 Å². The molecule has 0 saturated carbocycles. The molecule has 0 N–H and O–H groups in total. The third kappa shape index (κ3) is 7.01. The highest BCUT2D eigenvalue weighted by Crippen LogP contribution is 2.31. The molecule has 1 aromatic heterocycles. The first-order valence-electron chi connectivity index (χ1n) is 13.3. The van der Waals surface area contributed by atoms with Gasteiger partial charge in [0.25, 0.3) is 0 Å². The van der Waals surface area contributed by atoms with Crippen molar-refractivity contribution in [3.05, 3.63) is 131 Å². The lowest BCUT2D eigenvalue weighted by molar-refractivity contribution is 0.103. The van der Waals surface area contributed by atoms with Gasteiger partial charge in [-0.25, -0.2) is 4.39 Å². The number of hydrogen-bond acceptors (Lipinski definition) is 2. The van der Waals surface area contributed by atoms with Gasteiger partial charge in [-0.2, -0.15) is 0 Å². The maximum Gasteiger partial charge on any atom is 0.190 e. The summed E-state index contributed by atoms with van der Waals surface area (Å²) >= 11 is 0. The number of benzene rings is 1. The minimum Gasteiger partial charge on any atom is -0.289 e. The fraction of sp³-hybridized carbons (Fsp3) is 0.294. The lowest BCUT2D eigenvalue weighted by Gasteiger charge is -2.19. The Morgan fingerprint density at radius 1 is 1.11 bits per heavy atom. The summed E-state index contributed by atoms with van der Waals surface area (Å²) in [5.41, 5.74) is 7.59. The van der Waals surface area contributed by atoms with Crippen molar-refractivity contribution in [2.75, 3.05) is 0 Å². The Morgan fingerprint density at radius 2 is 1.97 bits per heavy atom. The van der Waals surface area contributed by atoms with Crippen LogP contribution >= 0.6 is 0 Å². The first kappa shape index (κ1) is 26.5. The van der Waals surface area contributed by atoms with Crippen LogP contribution in [0.15, 0.2) is 102 Å². The normalized spacial score (nSPS) is 15.9. The molecule has 2 nitrogen and oxygen atoms in total. The van der Waals surface area contributed by atoms with Crippen molar-refractivity contribution >= 4 is 11.4 Å². The van der Waals surface area contributed by atoms with Crippen LogP contribution in [-0.4, -0.2) is 10.8 Å². The van der Waals surface area contributed by atoms with Crippen LogP contribution in [0.5, 0.6) is 0 Å². The minimum atomic E-state index is -0.224. The number of allylic oxidation sites excluding steroid dienone is 11. The monoisotopic (exact) mass is 493 g/mol. The molecule has 3 heteroatoms. The van der Waals surface area contributed by atoms with Gasteiger partial charge in [-0.3, -0.25) is 9.78 Å². The molecule has 2 aliphatic carbocycles. The highest BCUT2D eigenvalue weighted by molar-refractivity contribution is 6.09. The van der Waals surface area contributed by atoms with E-state index in [9.17, 15) is 9.18 Å². The molecule has 0 radical (unpaired) electrons. The molecule has 1 unspecified atom stereocenters. The first-order chi connectivity index (χ1) is 17.9. The number of rotatable bonds is 10. The maximum atomic E-state index is 13.7. The van der Waals surface area contributed by atoms with Crippen molar-refractivity contribution in [1.82, 2.24) is 4.98 Å². The van der Waals surface area contributed by atoms with Crippen molar-refractivity contribution in [3.8, 4) is 0 Å².